The molecule has 104 valence electrons. The first-order valence-corrected chi connectivity index (χ1v) is 6.83. The van der Waals surface area contributed by atoms with E-state index in [0.717, 1.165) is 13.0 Å². The van der Waals surface area contributed by atoms with Gasteiger partial charge in [0.15, 0.2) is 0 Å². The topological polar surface area (TPSA) is 61.4 Å². The molecule has 4 heteroatoms. The van der Waals surface area contributed by atoms with Gasteiger partial charge in [0.05, 0.1) is 6.04 Å². The highest BCUT2D eigenvalue weighted by atomic mass is 16.3. The fraction of sp³-hybridized carbons (Fsp3) is 0.533. The molecule has 3 atom stereocenters. The smallest absolute Gasteiger partial charge is 0.237 e. The lowest BCUT2D eigenvalue weighted by molar-refractivity contribution is -0.124. The maximum absolute atomic E-state index is 12.2. The van der Waals surface area contributed by atoms with Crippen LogP contribution in [0.4, 0.5) is 0 Å². The van der Waals surface area contributed by atoms with Crippen molar-refractivity contribution in [1.82, 2.24) is 10.6 Å². The number of carbonyl (C=O) groups is 1. The second kappa shape index (κ2) is 6.17. The second-order valence-electron chi connectivity index (χ2n) is 5.36. The first-order chi connectivity index (χ1) is 9.11. The summed E-state index contributed by atoms with van der Waals surface area (Å²) in [6.45, 7) is 4.67. The van der Waals surface area contributed by atoms with E-state index in [2.05, 4.69) is 22.8 Å². The van der Waals surface area contributed by atoms with E-state index in [1.165, 1.54) is 11.1 Å². The van der Waals surface area contributed by atoms with Gasteiger partial charge < -0.3 is 15.7 Å². The number of aliphatic hydroxyl groups is 1. The normalized spacial score (nSPS) is 21.3. The Hall–Kier alpha value is -1.39. The maximum atomic E-state index is 12.2. The van der Waals surface area contributed by atoms with Gasteiger partial charge in [-0.1, -0.05) is 31.2 Å². The van der Waals surface area contributed by atoms with E-state index < -0.39 is 0 Å². The molecular weight excluding hydrogens is 240 g/mol. The standard InChI is InChI=1S/C15H22N2O2/c1-10(9-18)11(2)17-15(19)14-7-12-5-3-4-6-13(12)8-16-14/h3-6,10-11,14,16,18H,7-9H2,1-2H3,(H,17,19)/t10?,11?,14-/m0/s1. The van der Waals surface area contributed by atoms with Crippen LogP contribution in [0, 0.1) is 5.92 Å². The summed E-state index contributed by atoms with van der Waals surface area (Å²) >= 11 is 0. The molecule has 2 rings (SSSR count). The number of aliphatic hydroxyl groups excluding tert-OH is 1. The minimum Gasteiger partial charge on any atom is -0.396 e. The number of nitrogens with one attached hydrogen (secondary N) is 2. The molecule has 19 heavy (non-hydrogen) atoms. The lowest BCUT2D eigenvalue weighted by atomic mass is 9.95. The summed E-state index contributed by atoms with van der Waals surface area (Å²) in [6.07, 6.45) is 0.724. The number of hydrogen-bond acceptors (Lipinski definition) is 3. The number of hydrogen-bond donors (Lipinski definition) is 3. The third kappa shape index (κ3) is 3.33. The van der Waals surface area contributed by atoms with E-state index in [4.69, 9.17) is 5.11 Å². The molecule has 0 aliphatic carbocycles. The van der Waals surface area contributed by atoms with Crippen molar-refractivity contribution in [3.63, 3.8) is 0 Å². The average Bonchev–Trinajstić information content (AvgIpc) is 2.45. The quantitative estimate of drug-likeness (QED) is 0.753. The Bertz CT molecular complexity index is 448. The predicted molar refractivity (Wildman–Crippen MR) is 74.6 cm³/mol. The van der Waals surface area contributed by atoms with Crippen LogP contribution >= 0.6 is 0 Å². The summed E-state index contributed by atoms with van der Waals surface area (Å²) in [5.74, 6) is 0.0853. The van der Waals surface area contributed by atoms with Gasteiger partial charge in [-0.3, -0.25) is 4.79 Å². The monoisotopic (exact) mass is 262 g/mol. The molecule has 0 aromatic heterocycles. The van der Waals surface area contributed by atoms with Crippen molar-refractivity contribution in [1.29, 1.82) is 0 Å². The van der Waals surface area contributed by atoms with E-state index in [0.29, 0.717) is 0 Å². The maximum Gasteiger partial charge on any atom is 0.237 e. The SMILES string of the molecule is CC(CO)C(C)NC(=O)[C@@H]1Cc2ccccc2CN1. The molecule has 1 amide bonds. The van der Waals surface area contributed by atoms with E-state index in [-0.39, 0.29) is 30.5 Å². The molecule has 1 aromatic carbocycles. The summed E-state index contributed by atoms with van der Waals surface area (Å²) in [4.78, 5) is 12.2. The van der Waals surface area contributed by atoms with Crippen LogP contribution in [-0.4, -0.2) is 29.7 Å². The van der Waals surface area contributed by atoms with Gasteiger partial charge in [0.2, 0.25) is 5.91 Å². The molecule has 2 unspecified atom stereocenters. The van der Waals surface area contributed by atoms with Gasteiger partial charge in [0.25, 0.3) is 0 Å². The first-order valence-electron chi connectivity index (χ1n) is 6.83. The third-order valence-corrected chi connectivity index (χ3v) is 3.91. The molecule has 0 radical (unpaired) electrons. The second-order valence-corrected chi connectivity index (χ2v) is 5.36. The van der Waals surface area contributed by atoms with Crippen LogP contribution in [-0.2, 0) is 17.8 Å². The van der Waals surface area contributed by atoms with Crippen LogP contribution in [0.25, 0.3) is 0 Å². The Morgan fingerprint density at radius 3 is 2.79 bits per heavy atom. The number of rotatable bonds is 4. The Morgan fingerprint density at radius 2 is 2.11 bits per heavy atom. The molecule has 1 heterocycles. The van der Waals surface area contributed by atoms with E-state index in [1.54, 1.807) is 0 Å². The van der Waals surface area contributed by atoms with Gasteiger partial charge >= 0.3 is 0 Å². The van der Waals surface area contributed by atoms with Crippen molar-refractivity contribution in [2.45, 2.75) is 38.9 Å². The van der Waals surface area contributed by atoms with Crippen molar-refractivity contribution in [2.75, 3.05) is 6.61 Å². The average molecular weight is 262 g/mol. The van der Waals surface area contributed by atoms with Crippen LogP contribution in [0.1, 0.15) is 25.0 Å². The van der Waals surface area contributed by atoms with Gasteiger partial charge in [-0.25, -0.2) is 0 Å². The Kier molecular flexibility index (Phi) is 4.56. The Balaban J connectivity index is 1.95. The zero-order chi connectivity index (χ0) is 13.8. The molecule has 0 saturated carbocycles. The lowest BCUT2D eigenvalue weighted by Crippen LogP contribution is -2.51. The number of amides is 1. The Labute approximate surface area is 114 Å². The van der Waals surface area contributed by atoms with Crippen LogP contribution in [0.3, 0.4) is 0 Å². The van der Waals surface area contributed by atoms with E-state index in [9.17, 15) is 4.79 Å². The summed E-state index contributed by atoms with van der Waals surface area (Å²) in [5.41, 5.74) is 2.51. The summed E-state index contributed by atoms with van der Waals surface area (Å²) in [7, 11) is 0. The number of carbonyl (C=O) groups excluding carboxylic acids is 1. The zero-order valence-corrected chi connectivity index (χ0v) is 11.5. The van der Waals surface area contributed by atoms with Crippen molar-refractivity contribution < 1.29 is 9.90 Å². The molecule has 1 aliphatic rings. The highest BCUT2D eigenvalue weighted by Crippen LogP contribution is 2.16. The number of fused-ring (bicyclic) bond motifs is 1. The predicted octanol–water partition coefficient (Wildman–Crippen LogP) is 0.834. The fourth-order valence-corrected chi connectivity index (χ4v) is 2.27. The van der Waals surface area contributed by atoms with Gasteiger partial charge in [0, 0.05) is 19.2 Å². The molecule has 0 spiro atoms. The molecule has 4 nitrogen and oxygen atoms in total. The van der Waals surface area contributed by atoms with E-state index in [1.807, 2.05) is 26.0 Å². The van der Waals surface area contributed by atoms with Crippen LogP contribution in [0.5, 0.6) is 0 Å². The molecule has 0 saturated heterocycles. The highest BCUT2D eigenvalue weighted by molar-refractivity contribution is 5.82. The summed E-state index contributed by atoms with van der Waals surface area (Å²) in [6, 6.07) is 8.00. The van der Waals surface area contributed by atoms with Crippen LogP contribution < -0.4 is 10.6 Å². The molecule has 1 aromatic rings. The minimum atomic E-state index is -0.178. The number of benzene rings is 1. The first kappa shape index (κ1) is 14.0. The minimum absolute atomic E-state index is 0.0160. The fourth-order valence-electron chi connectivity index (χ4n) is 2.27. The highest BCUT2D eigenvalue weighted by Gasteiger charge is 2.25. The third-order valence-electron chi connectivity index (χ3n) is 3.91. The van der Waals surface area contributed by atoms with Crippen molar-refractivity contribution in [3.05, 3.63) is 35.4 Å². The van der Waals surface area contributed by atoms with Gasteiger partial charge in [-0.05, 0) is 30.4 Å². The van der Waals surface area contributed by atoms with Crippen molar-refractivity contribution in [2.24, 2.45) is 5.92 Å². The molecule has 1 aliphatic heterocycles. The van der Waals surface area contributed by atoms with E-state index >= 15 is 0 Å². The van der Waals surface area contributed by atoms with Gasteiger partial charge in [-0.2, -0.15) is 0 Å². The largest absolute Gasteiger partial charge is 0.396 e. The molecule has 0 fully saturated rings. The zero-order valence-electron chi connectivity index (χ0n) is 11.5. The van der Waals surface area contributed by atoms with Crippen LogP contribution in [0.15, 0.2) is 24.3 Å². The summed E-state index contributed by atoms with van der Waals surface area (Å²) in [5, 5.41) is 15.3. The van der Waals surface area contributed by atoms with Gasteiger partial charge in [-0.15, -0.1) is 0 Å². The van der Waals surface area contributed by atoms with Crippen LogP contribution in [0.2, 0.25) is 0 Å². The Morgan fingerprint density at radius 1 is 1.42 bits per heavy atom. The lowest BCUT2D eigenvalue weighted by Gasteiger charge is -2.28. The summed E-state index contributed by atoms with van der Waals surface area (Å²) < 4.78 is 0. The van der Waals surface area contributed by atoms with Crippen molar-refractivity contribution >= 4 is 5.91 Å². The molecular formula is C15H22N2O2. The van der Waals surface area contributed by atoms with Gasteiger partial charge in [0.1, 0.15) is 0 Å². The molecule has 0 bridgehead atoms. The molecule has 3 N–H and O–H groups in total. The van der Waals surface area contributed by atoms with Crippen molar-refractivity contribution in [3.8, 4) is 0 Å².